The summed E-state index contributed by atoms with van der Waals surface area (Å²) in [5.41, 5.74) is 1.73. The molecule has 140 valence electrons. The van der Waals surface area contributed by atoms with E-state index >= 15 is 0 Å². The Labute approximate surface area is 167 Å². The zero-order valence-corrected chi connectivity index (χ0v) is 17.9. The molecule has 2 aromatic carbocycles. The van der Waals surface area contributed by atoms with E-state index in [-0.39, 0.29) is 15.5 Å². The fourth-order valence-electron chi connectivity index (χ4n) is 2.42. The molecular formula is C18H20BrClN2O3S. The number of hydrogen-bond donors (Lipinski definition) is 1. The third-order valence-corrected chi connectivity index (χ3v) is 7.19. The van der Waals surface area contributed by atoms with Crippen molar-refractivity contribution in [1.29, 1.82) is 0 Å². The average Bonchev–Trinajstić information content (AvgIpc) is 2.59. The zero-order chi connectivity index (χ0) is 19.5. The lowest BCUT2D eigenvalue weighted by Gasteiger charge is -2.19. The highest BCUT2D eigenvalue weighted by Gasteiger charge is 2.24. The zero-order valence-electron chi connectivity index (χ0n) is 14.7. The number of hydrogen-bond acceptors (Lipinski definition) is 3. The van der Waals surface area contributed by atoms with Crippen molar-refractivity contribution in [3.8, 4) is 0 Å². The Bertz CT molecular complexity index is 928. The summed E-state index contributed by atoms with van der Waals surface area (Å²) in [5.74, 6) is -0.470. The molecule has 0 radical (unpaired) electrons. The van der Waals surface area contributed by atoms with E-state index in [2.05, 4.69) is 21.2 Å². The molecular weight excluding hydrogens is 440 g/mol. The molecule has 0 aromatic heterocycles. The van der Waals surface area contributed by atoms with Crippen LogP contribution in [0.15, 0.2) is 45.8 Å². The Morgan fingerprint density at radius 2 is 1.81 bits per heavy atom. The summed E-state index contributed by atoms with van der Waals surface area (Å²) in [6.45, 7) is 6.16. The van der Waals surface area contributed by atoms with Gasteiger partial charge in [0, 0.05) is 23.2 Å². The van der Waals surface area contributed by atoms with Crippen LogP contribution in [0.2, 0.25) is 5.02 Å². The summed E-state index contributed by atoms with van der Waals surface area (Å²) in [5, 5.41) is 2.93. The van der Waals surface area contributed by atoms with E-state index in [1.54, 1.807) is 26.0 Å². The number of amides is 1. The standard InChI is InChI=1S/C18H20BrClN2O3S/c1-4-22(5-2)26(24,25)14-8-9-17(20)15(11-14)18(23)21-13-7-6-12(3)16(19)10-13/h6-11H,4-5H2,1-3H3,(H,21,23). The number of rotatable bonds is 6. The molecule has 1 N–H and O–H groups in total. The number of anilines is 1. The first-order valence-corrected chi connectivity index (χ1v) is 10.7. The van der Waals surface area contributed by atoms with Crippen LogP contribution in [-0.2, 0) is 10.0 Å². The fourth-order valence-corrected chi connectivity index (χ4v) is 4.49. The van der Waals surface area contributed by atoms with Crippen LogP contribution >= 0.6 is 27.5 Å². The number of carbonyl (C=O) groups excluding carboxylic acids is 1. The maximum atomic E-state index is 12.7. The second-order valence-corrected chi connectivity index (χ2v) is 8.85. The molecule has 0 spiro atoms. The Kier molecular flexibility index (Phi) is 6.85. The highest BCUT2D eigenvalue weighted by atomic mass is 79.9. The van der Waals surface area contributed by atoms with Crippen LogP contribution in [0.3, 0.4) is 0 Å². The Morgan fingerprint density at radius 1 is 1.15 bits per heavy atom. The first kappa shape index (κ1) is 20.9. The minimum absolute atomic E-state index is 0.0424. The molecule has 8 heteroatoms. The molecule has 5 nitrogen and oxygen atoms in total. The molecule has 0 aliphatic carbocycles. The SMILES string of the molecule is CCN(CC)S(=O)(=O)c1ccc(Cl)c(C(=O)Nc2ccc(C)c(Br)c2)c1. The summed E-state index contributed by atoms with van der Waals surface area (Å²) in [6.07, 6.45) is 0. The van der Waals surface area contributed by atoms with Crippen LogP contribution in [0, 0.1) is 6.92 Å². The molecule has 0 aliphatic heterocycles. The minimum atomic E-state index is -3.67. The Morgan fingerprint density at radius 3 is 2.38 bits per heavy atom. The molecule has 0 bridgehead atoms. The quantitative estimate of drug-likeness (QED) is 0.681. The molecule has 0 heterocycles. The van der Waals surface area contributed by atoms with Gasteiger partial charge in [0.25, 0.3) is 5.91 Å². The van der Waals surface area contributed by atoms with E-state index in [4.69, 9.17) is 11.6 Å². The van der Waals surface area contributed by atoms with E-state index in [1.807, 2.05) is 13.0 Å². The van der Waals surface area contributed by atoms with Crippen molar-refractivity contribution in [2.75, 3.05) is 18.4 Å². The number of sulfonamides is 1. The van der Waals surface area contributed by atoms with Crippen molar-refractivity contribution in [3.05, 3.63) is 57.0 Å². The van der Waals surface area contributed by atoms with Gasteiger partial charge in [-0.3, -0.25) is 4.79 Å². The lowest BCUT2D eigenvalue weighted by Crippen LogP contribution is -2.30. The van der Waals surface area contributed by atoms with Crippen molar-refractivity contribution >= 4 is 49.1 Å². The molecule has 0 fully saturated rings. The van der Waals surface area contributed by atoms with E-state index in [1.165, 1.54) is 22.5 Å². The molecule has 0 aliphatic rings. The van der Waals surface area contributed by atoms with Gasteiger partial charge in [0.1, 0.15) is 0 Å². The van der Waals surface area contributed by atoms with Crippen molar-refractivity contribution in [3.63, 3.8) is 0 Å². The van der Waals surface area contributed by atoms with Crippen molar-refractivity contribution in [2.45, 2.75) is 25.7 Å². The van der Waals surface area contributed by atoms with Crippen molar-refractivity contribution in [2.24, 2.45) is 0 Å². The van der Waals surface area contributed by atoms with Gasteiger partial charge in [-0.15, -0.1) is 0 Å². The maximum absolute atomic E-state index is 12.7. The summed E-state index contributed by atoms with van der Waals surface area (Å²) < 4.78 is 27.5. The van der Waals surface area contributed by atoms with Gasteiger partial charge in [-0.2, -0.15) is 4.31 Å². The number of nitrogens with zero attached hydrogens (tertiary/aromatic N) is 1. The molecule has 2 aromatic rings. The van der Waals surface area contributed by atoms with Gasteiger partial charge in [0.05, 0.1) is 15.5 Å². The van der Waals surface area contributed by atoms with Gasteiger partial charge in [-0.05, 0) is 42.8 Å². The summed E-state index contributed by atoms with van der Waals surface area (Å²) in [7, 11) is -3.67. The number of nitrogens with one attached hydrogen (secondary N) is 1. The molecule has 0 unspecified atom stereocenters. The molecule has 1 amide bonds. The molecule has 0 saturated carbocycles. The van der Waals surface area contributed by atoms with Crippen LogP contribution in [0.25, 0.3) is 0 Å². The van der Waals surface area contributed by atoms with Crippen LogP contribution < -0.4 is 5.32 Å². The molecule has 0 atom stereocenters. The highest BCUT2D eigenvalue weighted by molar-refractivity contribution is 9.10. The fraction of sp³-hybridized carbons (Fsp3) is 0.278. The number of carbonyl (C=O) groups is 1. The molecule has 0 saturated heterocycles. The third-order valence-electron chi connectivity index (χ3n) is 3.96. The summed E-state index contributed by atoms with van der Waals surface area (Å²) in [4.78, 5) is 12.6. The normalized spacial score (nSPS) is 11.6. The maximum Gasteiger partial charge on any atom is 0.257 e. The monoisotopic (exact) mass is 458 g/mol. The van der Waals surface area contributed by atoms with Crippen LogP contribution in [-0.4, -0.2) is 31.7 Å². The predicted octanol–water partition coefficient (Wildman–Crippen LogP) is 4.69. The largest absolute Gasteiger partial charge is 0.322 e. The number of halogens is 2. The topological polar surface area (TPSA) is 66.5 Å². The van der Waals surface area contributed by atoms with Gasteiger partial charge in [-0.1, -0.05) is 47.4 Å². The predicted molar refractivity (Wildman–Crippen MR) is 108 cm³/mol. The first-order valence-electron chi connectivity index (χ1n) is 8.07. The highest BCUT2D eigenvalue weighted by Crippen LogP contribution is 2.25. The smallest absolute Gasteiger partial charge is 0.257 e. The lowest BCUT2D eigenvalue weighted by atomic mass is 10.2. The van der Waals surface area contributed by atoms with E-state index in [0.29, 0.717) is 18.8 Å². The van der Waals surface area contributed by atoms with E-state index in [9.17, 15) is 13.2 Å². The number of aryl methyl sites for hydroxylation is 1. The van der Waals surface area contributed by atoms with Crippen LogP contribution in [0.4, 0.5) is 5.69 Å². The van der Waals surface area contributed by atoms with Gasteiger partial charge in [-0.25, -0.2) is 8.42 Å². The van der Waals surface area contributed by atoms with E-state index < -0.39 is 15.9 Å². The first-order chi connectivity index (χ1) is 12.2. The Hall–Kier alpha value is -1.41. The second-order valence-electron chi connectivity index (χ2n) is 5.65. The van der Waals surface area contributed by atoms with Crippen LogP contribution in [0.1, 0.15) is 29.8 Å². The number of benzene rings is 2. The van der Waals surface area contributed by atoms with Gasteiger partial charge in [0.15, 0.2) is 0 Å². The van der Waals surface area contributed by atoms with Gasteiger partial charge in [0.2, 0.25) is 10.0 Å². The second kappa shape index (κ2) is 8.52. The van der Waals surface area contributed by atoms with E-state index in [0.717, 1.165) is 10.0 Å². The summed E-state index contributed by atoms with van der Waals surface area (Å²) >= 11 is 9.55. The Balaban J connectivity index is 2.37. The summed E-state index contributed by atoms with van der Waals surface area (Å²) in [6, 6.07) is 9.56. The molecule has 2 rings (SSSR count). The lowest BCUT2D eigenvalue weighted by molar-refractivity contribution is 0.102. The van der Waals surface area contributed by atoms with Crippen molar-refractivity contribution < 1.29 is 13.2 Å². The third kappa shape index (κ3) is 4.46. The van der Waals surface area contributed by atoms with Gasteiger partial charge < -0.3 is 5.32 Å². The van der Waals surface area contributed by atoms with Crippen molar-refractivity contribution in [1.82, 2.24) is 4.31 Å². The van der Waals surface area contributed by atoms with Gasteiger partial charge >= 0.3 is 0 Å². The van der Waals surface area contributed by atoms with Crippen LogP contribution in [0.5, 0.6) is 0 Å². The average molecular weight is 460 g/mol. The minimum Gasteiger partial charge on any atom is -0.322 e. The molecule has 26 heavy (non-hydrogen) atoms.